The van der Waals surface area contributed by atoms with Crippen LogP contribution in [-0.2, 0) is 11.3 Å². The predicted octanol–water partition coefficient (Wildman–Crippen LogP) is 4.47. The minimum atomic E-state index is -3.77. The molecular formula is C28H21F2N5O5. The number of carbonyl (C=O) groups excluding carboxylic acids is 1. The highest BCUT2D eigenvalue weighted by Crippen LogP contribution is 2.44. The molecule has 0 unspecified atom stereocenters. The first-order valence-corrected chi connectivity index (χ1v) is 12.5. The van der Waals surface area contributed by atoms with Crippen molar-refractivity contribution in [2.24, 2.45) is 0 Å². The molecule has 0 atom stereocenters. The number of rotatable bonds is 6. The minimum absolute atomic E-state index is 0.113. The van der Waals surface area contributed by atoms with Crippen molar-refractivity contribution in [3.05, 3.63) is 71.3 Å². The molecule has 1 fully saturated rings. The Kier molecular flexibility index (Phi) is 5.27. The number of hydrogen-bond donors (Lipinski definition) is 1. The number of methoxy groups -OCH3 is 1. The number of fused-ring (bicyclic) bond motifs is 3. The molecule has 1 aliphatic heterocycles. The van der Waals surface area contributed by atoms with E-state index in [1.807, 2.05) is 36.4 Å². The van der Waals surface area contributed by atoms with Crippen molar-refractivity contribution in [3.63, 3.8) is 0 Å². The fourth-order valence-electron chi connectivity index (χ4n) is 4.96. The first-order valence-electron chi connectivity index (χ1n) is 12.5. The van der Waals surface area contributed by atoms with Gasteiger partial charge in [0.15, 0.2) is 11.5 Å². The number of ether oxygens (including phenoxy) is 3. The van der Waals surface area contributed by atoms with Crippen LogP contribution in [0.4, 0.5) is 14.5 Å². The van der Waals surface area contributed by atoms with E-state index >= 15 is 0 Å². The standard InChI is InChI=1S/C28H21F2N5O5/c1-38-20-8-4-15-10-17(3-2-16(15)11-20)24-25-26(32-14-31-25)27(37)34(33-24)13-23(36)35(18-5-6-18)19-7-9-21-22(12-19)40-28(29,30)39-21/h2-4,7-12,14,18H,5-6,13H2,1H3,(H,31,32). The molecule has 1 amide bonds. The Balaban J connectivity index is 1.25. The lowest BCUT2D eigenvalue weighted by Gasteiger charge is -2.23. The zero-order valence-corrected chi connectivity index (χ0v) is 21.1. The van der Waals surface area contributed by atoms with Crippen LogP contribution in [0.15, 0.2) is 65.7 Å². The number of benzene rings is 3. The van der Waals surface area contributed by atoms with Crippen LogP contribution in [0.25, 0.3) is 33.1 Å². The molecule has 2 aliphatic rings. The van der Waals surface area contributed by atoms with Crippen LogP contribution in [0.5, 0.6) is 17.2 Å². The summed E-state index contributed by atoms with van der Waals surface area (Å²) >= 11 is 0. The fraction of sp³-hybridized carbons (Fsp3) is 0.214. The zero-order valence-electron chi connectivity index (χ0n) is 21.1. The summed E-state index contributed by atoms with van der Waals surface area (Å²) in [6.07, 6.45) is -0.873. The van der Waals surface area contributed by atoms with Gasteiger partial charge in [-0.3, -0.25) is 9.59 Å². The maximum absolute atomic E-state index is 13.6. The van der Waals surface area contributed by atoms with Gasteiger partial charge < -0.3 is 24.1 Å². The van der Waals surface area contributed by atoms with Crippen molar-refractivity contribution < 1.29 is 27.8 Å². The number of carbonyl (C=O) groups is 1. The van der Waals surface area contributed by atoms with Gasteiger partial charge >= 0.3 is 6.29 Å². The van der Waals surface area contributed by atoms with Gasteiger partial charge in [0.25, 0.3) is 5.56 Å². The molecule has 7 rings (SSSR count). The summed E-state index contributed by atoms with van der Waals surface area (Å²) in [5.74, 6) is 0.0407. The summed E-state index contributed by atoms with van der Waals surface area (Å²) in [6.45, 7) is -0.368. The Labute approximate surface area is 224 Å². The number of imidazole rings is 1. The zero-order chi connectivity index (χ0) is 27.6. The molecule has 0 saturated heterocycles. The van der Waals surface area contributed by atoms with Gasteiger partial charge in [-0.25, -0.2) is 9.67 Å². The second kappa shape index (κ2) is 8.76. The molecule has 5 aromatic rings. The highest BCUT2D eigenvalue weighted by Gasteiger charge is 2.44. The molecule has 2 aromatic heterocycles. The van der Waals surface area contributed by atoms with E-state index in [4.69, 9.17) is 4.74 Å². The topological polar surface area (TPSA) is 112 Å². The summed E-state index contributed by atoms with van der Waals surface area (Å²) in [7, 11) is 1.60. The Morgan fingerprint density at radius 3 is 2.67 bits per heavy atom. The molecule has 1 saturated carbocycles. The average Bonchev–Trinajstić information content (AvgIpc) is 3.53. The molecule has 202 valence electrons. The van der Waals surface area contributed by atoms with E-state index in [0.717, 1.165) is 34.0 Å². The quantitative estimate of drug-likeness (QED) is 0.335. The maximum atomic E-state index is 13.6. The van der Waals surface area contributed by atoms with Gasteiger partial charge in [0, 0.05) is 23.4 Å². The molecule has 1 N–H and O–H groups in total. The molecule has 1 aliphatic carbocycles. The Morgan fingerprint density at radius 1 is 1.10 bits per heavy atom. The molecule has 40 heavy (non-hydrogen) atoms. The van der Waals surface area contributed by atoms with Crippen molar-refractivity contribution in [3.8, 4) is 28.5 Å². The lowest BCUT2D eigenvalue weighted by molar-refractivity contribution is -0.286. The summed E-state index contributed by atoms with van der Waals surface area (Å²) in [4.78, 5) is 35.6. The molecule has 3 aromatic carbocycles. The highest BCUT2D eigenvalue weighted by molar-refractivity contribution is 5.96. The van der Waals surface area contributed by atoms with E-state index in [0.29, 0.717) is 22.5 Å². The van der Waals surface area contributed by atoms with Crippen LogP contribution in [-0.4, -0.2) is 45.1 Å². The van der Waals surface area contributed by atoms with Crippen molar-refractivity contribution in [2.45, 2.75) is 31.7 Å². The van der Waals surface area contributed by atoms with Crippen LogP contribution < -0.4 is 24.7 Å². The monoisotopic (exact) mass is 545 g/mol. The van der Waals surface area contributed by atoms with Crippen molar-refractivity contribution in [2.75, 3.05) is 12.0 Å². The number of nitrogens with zero attached hydrogens (tertiary/aromatic N) is 4. The van der Waals surface area contributed by atoms with Gasteiger partial charge in [-0.1, -0.05) is 18.2 Å². The van der Waals surface area contributed by atoms with Crippen LogP contribution in [0, 0.1) is 0 Å². The van der Waals surface area contributed by atoms with Gasteiger partial charge in [0.05, 0.1) is 13.4 Å². The number of alkyl halides is 2. The van der Waals surface area contributed by atoms with E-state index in [2.05, 4.69) is 24.5 Å². The van der Waals surface area contributed by atoms with E-state index in [1.54, 1.807) is 7.11 Å². The molecular weight excluding hydrogens is 524 g/mol. The number of H-pyrrole nitrogens is 1. The summed E-state index contributed by atoms with van der Waals surface area (Å²) < 4.78 is 42.5. The average molecular weight is 546 g/mol. The van der Waals surface area contributed by atoms with Gasteiger partial charge in [-0.2, -0.15) is 5.10 Å². The van der Waals surface area contributed by atoms with Crippen molar-refractivity contribution in [1.82, 2.24) is 19.7 Å². The van der Waals surface area contributed by atoms with E-state index < -0.39 is 17.8 Å². The van der Waals surface area contributed by atoms with Gasteiger partial charge in [-0.15, -0.1) is 8.78 Å². The highest BCUT2D eigenvalue weighted by atomic mass is 19.3. The van der Waals surface area contributed by atoms with Crippen molar-refractivity contribution in [1.29, 1.82) is 0 Å². The van der Waals surface area contributed by atoms with Crippen LogP contribution in [0.3, 0.4) is 0 Å². The number of amides is 1. The molecule has 3 heterocycles. The van der Waals surface area contributed by atoms with Gasteiger partial charge in [-0.05, 0) is 53.9 Å². The van der Waals surface area contributed by atoms with Crippen LogP contribution >= 0.6 is 0 Å². The second-order valence-corrected chi connectivity index (χ2v) is 9.66. The molecule has 12 heteroatoms. The molecule has 10 nitrogen and oxygen atoms in total. The Hall–Kier alpha value is -5.00. The number of aromatic nitrogens is 4. The molecule has 0 spiro atoms. The van der Waals surface area contributed by atoms with Crippen LogP contribution in [0.2, 0.25) is 0 Å². The largest absolute Gasteiger partial charge is 0.586 e. The smallest absolute Gasteiger partial charge is 0.497 e. The Morgan fingerprint density at radius 2 is 1.88 bits per heavy atom. The van der Waals surface area contributed by atoms with Crippen LogP contribution in [0.1, 0.15) is 12.8 Å². The SMILES string of the molecule is COc1ccc2cc(-c3nn(CC(=O)N(c4ccc5c(c4)OC(F)(F)O5)C4CC4)c(=O)c4[nH]cnc34)ccc2c1. The maximum Gasteiger partial charge on any atom is 0.586 e. The normalized spacial score (nSPS) is 15.5. The summed E-state index contributed by atoms with van der Waals surface area (Å²) in [5, 5.41) is 6.46. The lowest BCUT2D eigenvalue weighted by Crippen LogP contribution is -2.39. The van der Waals surface area contributed by atoms with Gasteiger partial charge in [0.1, 0.15) is 29.0 Å². The second-order valence-electron chi connectivity index (χ2n) is 9.66. The third kappa shape index (κ3) is 4.08. The summed E-state index contributed by atoms with van der Waals surface area (Å²) in [5.41, 5.74) is 1.62. The molecule has 0 radical (unpaired) electrons. The first kappa shape index (κ1) is 24.1. The van der Waals surface area contributed by atoms with E-state index in [9.17, 15) is 18.4 Å². The minimum Gasteiger partial charge on any atom is -0.497 e. The number of halogens is 2. The third-order valence-electron chi connectivity index (χ3n) is 6.98. The first-order chi connectivity index (χ1) is 19.3. The third-order valence-corrected chi connectivity index (χ3v) is 6.98. The number of anilines is 1. The predicted molar refractivity (Wildman–Crippen MR) is 141 cm³/mol. The van der Waals surface area contributed by atoms with Crippen molar-refractivity contribution >= 4 is 33.4 Å². The molecule has 0 bridgehead atoms. The number of nitrogens with one attached hydrogen (secondary N) is 1. The van der Waals surface area contributed by atoms with E-state index in [1.165, 1.54) is 29.4 Å². The summed E-state index contributed by atoms with van der Waals surface area (Å²) in [6, 6.07) is 15.5. The number of hydrogen-bond acceptors (Lipinski definition) is 7. The van der Waals surface area contributed by atoms with E-state index in [-0.39, 0.29) is 29.6 Å². The fourth-order valence-corrected chi connectivity index (χ4v) is 4.96. The lowest BCUT2D eigenvalue weighted by atomic mass is 10.0. The number of aromatic amines is 1. The Bertz CT molecular complexity index is 1880. The van der Waals surface area contributed by atoms with Gasteiger partial charge in [0.2, 0.25) is 5.91 Å².